The summed E-state index contributed by atoms with van der Waals surface area (Å²) in [6.45, 7) is 4.40. The summed E-state index contributed by atoms with van der Waals surface area (Å²) in [4.78, 5) is 35.4. The van der Waals surface area contributed by atoms with Gasteiger partial charge < -0.3 is 18.9 Å². The van der Waals surface area contributed by atoms with Crippen LogP contribution in [-0.2, 0) is 32.7 Å². The smallest absolute Gasteiger partial charge is 0.462 e. The zero-order valence-corrected chi connectivity index (χ0v) is 40.6. The largest absolute Gasteiger partial charge is 0.472 e. The third-order valence-corrected chi connectivity index (χ3v) is 11.6. The number of phosphoric acid groups is 1. The summed E-state index contributed by atoms with van der Waals surface area (Å²) in [5.41, 5.74) is 0. The third-order valence-electron chi connectivity index (χ3n) is 10.6. The molecule has 352 valence electrons. The second-order valence-corrected chi connectivity index (χ2v) is 19.3. The number of hydrogen-bond acceptors (Lipinski definition) is 7. The molecule has 0 spiro atoms. The maximum Gasteiger partial charge on any atom is 0.472 e. The Morgan fingerprint density at radius 3 is 1.35 bits per heavy atom. The predicted molar refractivity (Wildman–Crippen MR) is 252 cm³/mol. The van der Waals surface area contributed by atoms with E-state index in [0.29, 0.717) is 17.4 Å². The van der Waals surface area contributed by atoms with Gasteiger partial charge in [-0.3, -0.25) is 18.6 Å². The normalized spacial score (nSPS) is 13.8. The van der Waals surface area contributed by atoms with Crippen molar-refractivity contribution in [1.29, 1.82) is 0 Å². The molecule has 2 atom stereocenters. The number of carbonyl (C=O) groups is 2. The van der Waals surface area contributed by atoms with E-state index in [2.05, 4.69) is 50.3 Å². The average Bonchev–Trinajstić information content (AvgIpc) is 3.20. The van der Waals surface area contributed by atoms with Gasteiger partial charge in [0.05, 0.1) is 27.7 Å². The predicted octanol–water partition coefficient (Wildman–Crippen LogP) is 14.5. The number of quaternary nitrogens is 1. The molecule has 0 saturated heterocycles. The first kappa shape index (κ1) is 58.2. The molecule has 10 heteroatoms. The van der Waals surface area contributed by atoms with Crippen LogP contribution in [0.1, 0.15) is 219 Å². The van der Waals surface area contributed by atoms with Crippen molar-refractivity contribution in [3.8, 4) is 0 Å². The van der Waals surface area contributed by atoms with E-state index in [1.54, 1.807) is 0 Å². The van der Waals surface area contributed by atoms with Gasteiger partial charge in [0, 0.05) is 12.8 Å². The van der Waals surface area contributed by atoms with E-state index in [1.165, 1.54) is 122 Å². The van der Waals surface area contributed by atoms with Crippen molar-refractivity contribution in [3.63, 3.8) is 0 Å². The molecule has 9 nitrogen and oxygen atoms in total. The van der Waals surface area contributed by atoms with Crippen LogP contribution in [-0.4, -0.2) is 74.9 Å². The maximum atomic E-state index is 12.7. The second kappa shape index (κ2) is 42.5. The Bertz CT molecular complexity index is 1120. The lowest BCUT2D eigenvalue weighted by Crippen LogP contribution is -2.37. The van der Waals surface area contributed by atoms with E-state index in [1.807, 2.05) is 21.1 Å². The van der Waals surface area contributed by atoms with Crippen molar-refractivity contribution in [2.45, 2.75) is 225 Å². The first-order valence-corrected chi connectivity index (χ1v) is 26.2. The summed E-state index contributed by atoms with van der Waals surface area (Å²) >= 11 is 0. The molecule has 0 aliphatic carbocycles. The lowest BCUT2D eigenvalue weighted by molar-refractivity contribution is -0.870. The summed E-state index contributed by atoms with van der Waals surface area (Å²) < 4.78 is 34.4. The van der Waals surface area contributed by atoms with Gasteiger partial charge in [-0.15, -0.1) is 0 Å². The summed E-state index contributed by atoms with van der Waals surface area (Å²) in [6.07, 6.45) is 49.1. The van der Waals surface area contributed by atoms with Crippen molar-refractivity contribution in [3.05, 3.63) is 36.5 Å². The zero-order valence-electron chi connectivity index (χ0n) is 39.7. The molecule has 1 N–H and O–H groups in total. The molecule has 0 saturated carbocycles. The van der Waals surface area contributed by atoms with Crippen molar-refractivity contribution < 1.29 is 42.1 Å². The number of nitrogens with zero attached hydrogens (tertiary/aromatic N) is 1. The van der Waals surface area contributed by atoms with E-state index in [0.717, 1.165) is 64.2 Å². The molecule has 0 fully saturated rings. The molecule has 0 aromatic rings. The summed E-state index contributed by atoms with van der Waals surface area (Å²) in [5, 5.41) is 0. The highest BCUT2D eigenvalue weighted by Gasteiger charge is 2.27. The Kier molecular flexibility index (Phi) is 41.3. The zero-order chi connectivity index (χ0) is 44.3. The number of rotatable bonds is 45. The SMILES string of the molecule is CCCCCC/C=C\CCCCCCCC(=O)OCC(COP(=O)(O)OCC[N+](C)(C)C)OC(=O)CCCCCCCCCCCCC/C=C\C/C=C\CCCCCCC. The molecule has 0 aromatic carbocycles. The van der Waals surface area contributed by atoms with Crippen molar-refractivity contribution in [2.75, 3.05) is 47.5 Å². The number of likely N-dealkylation sites (N-methyl/N-ethyl adjacent to an activating group) is 1. The highest BCUT2D eigenvalue weighted by Crippen LogP contribution is 2.43. The molecule has 2 unspecified atom stereocenters. The Labute approximate surface area is 370 Å². The van der Waals surface area contributed by atoms with Gasteiger partial charge in [-0.05, 0) is 70.6 Å². The van der Waals surface area contributed by atoms with Crippen LogP contribution in [0.4, 0.5) is 0 Å². The third kappa shape index (κ3) is 45.7. The second-order valence-electron chi connectivity index (χ2n) is 17.8. The van der Waals surface area contributed by atoms with Gasteiger partial charge in [0.1, 0.15) is 19.8 Å². The van der Waals surface area contributed by atoms with Crippen LogP contribution in [0, 0.1) is 0 Å². The monoisotopic (exact) mass is 869 g/mol. The summed E-state index contributed by atoms with van der Waals surface area (Å²) in [5.74, 6) is -0.806. The van der Waals surface area contributed by atoms with Gasteiger partial charge in [0.25, 0.3) is 0 Å². The molecule has 0 aliphatic heterocycles. The Hall–Kier alpha value is -1.77. The number of carbonyl (C=O) groups excluding carboxylic acids is 2. The van der Waals surface area contributed by atoms with Crippen LogP contribution in [0.5, 0.6) is 0 Å². The summed E-state index contributed by atoms with van der Waals surface area (Å²) in [7, 11) is 1.47. The fourth-order valence-corrected chi connectivity index (χ4v) is 7.49. The molecule has 0 rings (SSSR count). The standard InChI is InChI=1S/C50H94NO8P/c1-6-8-10-12-14-16-18-20-21-22-23-24-25-26-27-28-29-31-33-35-37-39-41-43-50(53)59-48(47-58-60(54,55)57-45-44-51(3,4)5)46-56-49(52)42-40-38-36-34-32-30-19-17-15-13-11-9-7-2/h17-20,22-23,48H,6-16,21,24-47H2,1-5H3/p+1/b19-17-,20-18-,23-22-. The van der Waals surface area contributed by atoms with Crippen molar-refractivity contribution in [1.82, 2.24) is 0 Å². The molecule has 60 heavy (non-hydrogen) atoms. The Balaban J connectivity index is 4.23. The number of hydrogen-bond donors (Lipinski definition) is 1. The minimum Gasteiger partial charge on any atom is -0.462 e. The average molecular weight is 869 g/mol. The fraction of sp³-hybridized carbons (Fsp3) is 0.840. The van der Waals surface area contributed by atoms with Gasteiger partial charge >= 0.3 is 19.8 Å². The van der Waals surface area contributed by atoms with E-state index < -0.39 is 26.5 Å². The number of esters is 2. The fourth-order valence-electron chi connectivity index (χ4n) is 6.75. The minimum atomic E-state index is -4.38. The quantitative estimate of drug-likeness (QED) is 0.0212. The van der Waals surface area contributed by atoms with E-state index in [4.69, 9.17) is 18.5 Å². The number of ether oxygens (including phenoxy) is 2. The van der Waals surface area contributed by atoms with Crippen LogP contribution in [0.2, 0.25) is 0 Å². The molecular weight excluding hydrogens is 774 g/mol. The first-order valence-electron chi connectivity index (χ1n) is 24.7. The van der Waals surface area contributed by atoms with Gasteiger partial charge in [-0.2, -0.15) is 0 Å². The lowest BCUT2D eigenvalue weighted by atomic mass is 10.0. The van der Waals surface area contributed by atoms with E-state index >= 15 is 0 Å². The molecule has 0 aliphatic rings. The van der Waals surface area contributed by atoms with Crippen molar-refractivity contribution >= 4 is 19.8 Å². The topological polar surface area (TPSA) is 108 Å². The first-order chi connectivity index (χ1) is 29.0. The molecular formula is C50H95NO8P+. The molecule has 0 amide bonds. The van der Waals surface area contributed by atoms with Gasteiger partial charge in [-0.25, -0.2) is 4.57 Å². The Morgan fingerprint density at radius 2 is 0.900 bits per heavy atom. The molecule has 0 radical (unpaired) electrons. The number of allylic oxidation sites excluding steroid dienone is 6. The van der Waals surface area contributed by atoms with E-state index in [9.17, 15) is 19.0 Å². The number of phosphoric ester groups is 1. The molecule has 0 bridgehead atoms. The highest BCUT2D eigenvalue weighted by molar-refractivity contribution is 7.47. The van der Waals surface area contributed by atoms with Gasteiger partial charge in [-0.1, -0.05) is 172 Å². The van der Waals surface area contributed by atoms with Crippen molar-refractivity contribution in [2.24, 2.45) is 0 Å². The van der Waals surface area contributed by atoms with Gasteiger partial charge in [0.15, 0.2) is 6.10 Å². The maximum absolute atomic E-state index is 12.7. The van der Waals surface area contributed by atoms with Crippen LogP contribution in [0.15, 0.2) is 36.5 Å². The van der Waals surface area contributed by atoms with Crippen LogP contribution < -0.4 is 0 Å². The lowest BCUT2D eigenvalue weighted by Gasteiger charge is -2.24. The van der Waals surface area contributed by atoms with Crippen LogP contribution in [0.25, 0.3) is 0 Å². The molecule has 0 heterocycles. The highest BCUT2D eigenvalue weighted by atomic mass is 31.2. The van der Waals surface area contributed by atoms with Crippen LogP contribution in [0.3, 0.4) is 0 Å². The van der Waals surface area contributed by atoms with Gasteiger partial charge in [0.2, 0.25) is 0 Å². The Morgan fingerprint density at radius 1 is 0.517 bits per heavy atom. The summed E-state index contributed by atoms with van der Waals surface area (Å²) in [6, 6.07) is 0. The van der Waals surface area contributed by atoms with Crippen LogP contribution >= 0.6 is 7.82 Å². The minimum absolute atomic E-state index is 0.0303. The number of unbranched alkanes of at least 4 members (excludes halogenated alkanes) is 25. The van der Waals surface area contributed by atoms with E-state index in [-0.39, 0.29) is 32.0 Å². The molecule has 0 aromatic heterocycles.